The van der Waals surface area contributed by atoms with Gasteiger partial charge in [0, 0.05) is 40.5 Å². The molecule has 0 radical (unpaired) electrons. The van der Waals surface area contributed by atoms with Gasteiger partial charge in [-0.1, -0.05) is 11.6 Å². The Morgan fingerprint density at radius 3 is 2.26 bits per heavy atom. The van der Waals surface area contributed by atoms with Crippen molar-refractivity contribution in [1.29, 1.82) is 0 Å². The van der Waals surface area contributed by atoms with Gasteiger partial charge in [-0.05, 0) is 36.4 Å². The first kappa shape index (κ1) is 23.0. The van der Waals surface area contributed by atoms with Crippen LogP contribution in [0.1, 0.15) is 20.7 Å². The fourth-order valence-electron chi connectivity index (χ4n) is 3.51. The maximum Gasteiger partial charge on any atom is 0.340 e. The third-order valence-electron chi connectivity index (χ3n) is 5.17. The minimum absolute atomic E-state index is 0.110. The number of nitrogens with one attached hydrogen (secondary N) is 1. The molecule has 34 heavy (non-hydrogen) atoms. The van der Waals surface area contributed by atoms with E-state index in [4.69, 9.17) is 25.8 Å². The van der Waals surface area contributed by atoms with Crippen LogP contribution >= 0.6 is 11.6 Å². The highest BCUT2D eigenvalue weighted by Crippen LogP contribution is 2.35. The fourth-order valence-corrected chi connectivity index (χ4v) is 3.68. The zero-order chi connectivity index (χ0) is 24.2. The molecule has 0 unspecified atom stereocenters. The van der Waals surface area contributed by atoms with Crippen molar-refractivity contribution in [2.24, 2.45) is 0 Å². The topological polar surface area (TPSA) is 99.6 Å². The van der Waals surface area contributed by atoms with Gasteiger partial charge in [0.25, 0.3) is 5.91 Å². The Hall–Kier alpha value is -4.17. The highest BCUT2D eigenvalue weighted by atomic mass is 35.5. The predicted molar refractivity (Wildman–Crippen MR) is 129 cm³/mol. The summed E-state index contributed by atoms with van der Waals surface area (Å²) in [6.45, 7) is 0. The smallest absolute Gasteiger partial charge is 0.340 e. The Labute approximate surface area is 200 Å². The average molecular weight is 478 g/mol. The van der Waals surface area contributed by atoms with Crippen molar-refractivity contribution in [1.82, 2.24) is 9.97 Å². The molecular weight excluding hydrogens is 458 g/mol. The number of nitrogens with zero attached hydrogens (tertiary/aromatic N) is 2. The predicted octanol–water partition coefficient (Wildman–Crippen LogP) is 5.01. The number of amides is 1. The van der Waals surface area contributed by atoms with Gasteiger partial charge in [0.05, 0.1) is 49.4 Å². The summed E-state index contributed by atoms with van der Waals surface area (Å²) in [6, 6.07) is 13.3. The lowest BCUT2D eigenvalue weighted by molar-refractivity contribution is 0.0601. The molecule has 1 amide bonds. The van der Waals surface area contributed by atoms with E-state index in [0.29, 0.717) is 38.7 Å². The summed E-state index contributed by atoms with van der Waals surface area (Å²) in [5.41, 5.74) is 2.60. The molecule has 9 heteroatoms. The molecule has 172 valence electrons. The summed E-state index contributed by atoms with van der Waals surface area (Å²) in [5.74, 6) is -0.453. The zero-order valence-corrected chi connectivity index (χ0v) is 19.3. The molecule has 4 aromatic rings. The van der Waals surface area contributed by atoms with Crippen molar-refractivity contribution in [3.8, 4) is 22.8 Å². The second-order valence-corrected chi connectivity index (χ2v) is 7.59. The summed E-state index contributed by atoms with van der Waals surface area (Å²) >= 11 is 6.21. The quantitative estimate of drug-likeness (QED) is 0.390. The largest absolute Gasteiger partial charge is 0.493 e. The second-order valence-electron chi connectivity index (χ2n) is 7.15. The SMILES string of the molecule is COC(=O)c1cc(OC)c(OC)cc1NC(=O)c1cc(-c2ccncc2)nc2ccc(Cl)cc12. The molecule has 0 spiro atoms. The van der Waals surface area contributed by atoms with Gasteiger partial charge < -0.3 is 19.5 Å². The van der Waals surface area contributed by atoms with Gasteiger partial charge in [0.15, 0.2) is 11.5 Å². The van der Waals surface area contributed by atoms with E-state index < -0.39 is 11.9 Å². The summed E-state index contributed by atoms with van der Waals surface area (Å²) < 4.78 is 15.5. The molecule has 8 nitrogen and oxygen atoms in total. The first-order chi connectivity index (χ1) is 16.4. The first-order valence-corrected chi connectivity index (χ1v) is 10.5. The lowest BCUT2D eigenvalue weighted by atomic mass is 10.0. The second kappa shape index (κ2) is 9.76. The number of ether oxygens (including phenoxy) is 3. The molecule has 2 aromatic heterocycles. The monoisotopic (exact) mass is 477 g/mol. The molecule has 0 bridgehead atoms. The molecule has 0 saturated heterocycles. The van der Waals surface area contributed by atoms with Crippen molar-refractivity contribution in [3.05, 3.63) is 77.1 Å². The van der Waals surface area contributed by atoms with Crippen LogP contribution in [0.15, 0.2) is 60.9 Å². The Morgan fingerprint density at radius 2 is 1.59 bits per heavy atom. The Kier molecular flexibility index (Phi) is 6.60. The van der Waals surface area contributed by atoms with Crippen LogP contribution in [-0.2, 0) is 4.74 Å². The molecule has 0 fully saturated rings. The number of fused-ring (bicyclic) bond motifs is 1. The number of rotatable bonds is 6. The molecule has 2 heterocycles. The third kappa shape index (κ3) is 4.49. The highest BCUT2D eigenvalue weighted by Gasteiger charge is 2.21. The van der Waals surface area contributed by atoms with Crippen molar-refractivity contribution in [2.45, 2.75) is 0 Å². The molecule has 0 aliphatic rings. The van der Waals surface area contributed by atoms with Crippen molar-refractivity contribution in [3.63, 3.8) is 0 Å². The summed E-state index contributed by atoms with van der Waals surface area (Å²) in [4.78, 5) is 34.6. The standard InChI is InChI=1S/C25H20ClN3O5/c1-32-22-12-18(25(31)34-3)21(13-23(22)33-2)29-24(30)17-11-20(14-6-8-27-9-7-14)28-19-5-4-15(26)10-16(17)19/h4-13H,1-3H3,(H,29,30). The number of hydrogen-bond donors (Lipinski definition) is 1. The van der Waals surface area contributed by atoms with E-state index in [1.54, 1.807) is 48.8 Å². The minimum atomic E-state index is -0.642. The number of pyridine rings is 2. The highest BCUT2D eigenvalue weighted by molar-refractivity contribution is 6.31. The molecule has 4 rings (SSSR count). The number of esters is 1. The van der Waals surface area contributed by atoms with Gasteiger partial charge in [-0.2, -0.15) is 0 Å². The molecule has 0 atom stereocenters. The first-order valence-electron chi connectivity index (χ1n) is 10.1. The van der Waals surface area contributed by atoms with Crippen LogP contribution in [0, 0.1) is 0 Å². The van der Waals surface area contributed by atoms with Gasteiger partial charge in [0.2, 0.25) is 0 Å². The Balaban J connectivity index is 1.85. The van der Waals surface area contributed by atoms with E-state index in [1.165, 1.54) is 33.5 Å². The minimum Gasteiger partial charge on any atom is -0.493 e. The van der Waals surface area contributed by atoms with Crippen molar-refractivity contribution in [2.75, 3.05) is 26.6 Å². The van der Waals surface area contributed by atoms with Gasteiger partial charge in [-0.25, -0.2) is 9.78 Å². The maximum atomic E-state index is 13.5. The average Bonchev–Trinajstić information content (AvgIpc) is 2.87. The van der Waals surface area contributed by atoms with Crippen molar-refractivity contribution < 1.29 is 23.8 Å². The molecule has 0 aliphatic heterocycles. The summed E-state index contributed by atoms with van der Waals surface area (Å²) in [6.07, 6.45) is 3.30. The van der Waals surface area contributed by atoms with Crippen LogP contribution in [-0.4, -0.2) is 43.2 Å². The summed E-state index contributed by atoms with van der Waals surface area (Å²) in [5, 5.41) is 3.82. The van der Waals surface area contributed by atoms with E-state index >= 15 is 0 Å². The van der Waals surface area contributed by atoms with Crippen LogP contribution in [0.4, 0.5) is 5.69 Å². The number of hydrogen-bond acceptors (Lipinski definition) is 7. The molecule has 1 N–H and O–H groups in total. The molecule has 0 aliphatic carbocycles. The fraction of sp³-hybridized carbons (Fsp3) is 0.120. The van der Waals surface area contributed by atoms with Gasteiger partial charge >= 0.3 is 5.97 Å². The number of benzene rings is 2. The van der Waals surface area contributed by atoms with E-state index in [1.807, 2.05) is 0 Å². The van der Waals surface area contributed by atoms with Crippen LogP contribution < -0.4 is 14.8 Å². The van der Waals surface area contributed by atoms with E-state index in [2.05, 4.69) is 15.3 Å². The van der Waals surface area contributed by atoms with E-state index in [9.17, 15) is 9.59 Å². The summed E-state index contributed by atoms with van der Waals surface area (Å²) in [7, 11) is 4.16. The molecule has 2 aromatic carbocycles. The van der Waals surface area contributed by atoms with Crippen LogP contribution in [0.3, 0.4) is 0 Å². The lowest BCUT2D eigenvalue weighted by Gasteiger charge is -2.16. The van der Waals surface area contributed by atoms with Gasteiger partial charge in [0.1, 0.15) is 0 Å². The van der Waals surface area contributed by atoms with Crippen LogP contribution in [0.5, 0.6) is 11.5 Å². The number of aromatic nitrogens is 2. The number of carbonyl (C=O) groups is 2. The number of anilines is 1. The van der Waals surface area contributed by atoms with E-state index in [0.717, 1.165) is 5.56 Å². The Morgan fingerprint density at radius 1 is 0.882 bits per heavy atom. The van der Waals surface area contributed by atoms with Gasteiger partial charge in [-0.3, -0.25) is 9.78 Å². The van der Waals surface area contributed by atoms with Crippen LogP contribution in [0.25, 0.3) is 22.2 Å². The maximum absolute atomic E-state index is 13.5. The van der Waals surface area contributed by atoms with Crippen LogP contribution in [0.2, 0.25) is 5.02 Å². The number of methoxy groups -OCH3 is 3. The van der Waals surface area contributed by atoms with Gasteiger partial charge in [-0.15, -0.1) is 0 Å². The Bertz CT molecular complexity index is 1390. The zero-order valence-electron chi connectivity index (χ0n) is 18.6. The molecule has 0 saturated carbocycles. The molecular formula is C25H20ClN3O5. The number of carbonyl (C=O) groups excluding carboxylic acids is 2. The van der Waals surface area contributed by atoms with E-state index in [-0.39, 0.29) is 11.3 Å². The number of halogens is 1. The lowest BCUT2D eigenvalue weighted by Crippen LogP contribution is -2.16. The normalized spacial score (nSPS) is 10.6. The third-order valence-corrected chi connectivity index (χ3v) is 5.40. The van der Waals surface area contributed by atoms with Crippen molar-refractivity contribution >= 4 is 40.1 Å².